The molecule has 2 unspecified atom stereocenters. The van der Waals surface area contributed by atoms with E-state index in [0.717, 1.165) is 56.9 Å². The van der Waals surface area contributed by atoms with Gasteiger partial charge < -0.3 is 15.1 Å². The molecule has 2 atom stereocenters. The summed E-state index contributed by atoms with van der Waals surface area (Å²) in [5, 5.41) is 3.40. The number of rotatable bonds is 3. The van der Waals surface area contributed by atoms with Crippen molar-refractivity contribution >= 4 is 5.91 Å². The van der Waals surface area contributed by atoms with Gasteiger partial charge in [0.15, 0.2) is 0 Å². The molecule has 0 aromatic rings. The van der Waals surface area contributed by atoms with E-state index in [1.807, 2.05) is 0 Å². The molecular weight excluding hydrogens is 262 g/mol. The predicted octanol–water partition coefficient (Wildman–Crippen LogP) is 1.71. The van der Waals surface area contributed by atoms with Gasteiger partial charge in [-0.1, -0.05) is 0 Å². The molecule has 0 saturated carbocycles. The van der Waals surface area contributed by atoms with E-state index in [1.165, 1.54) is 38.6 Å². The van der Waals surface area contributed by atoms with Gasteiger partial charge in [-0.3, -0.25) is 4.79 Å². The van der Waals surface area contributed by atoms with Gasteiger partial charge in [-0.2, -0.15) is 0 Å². The largest absolute Gasteiger partial charge is 0.342 e. The summed E-state index contributed by atoms with van der Waals surface area (Å²) in [6.07, 6.45) is 8.18. The molecule has 0 radical (unpaired) electrons. The Hall–Kier alpha value is -0.610. The highest BCUT2D eigenvalue weighted by Crippen LogP contribution is 2.30. The molecular formula is C17H31N3O. The highest BCUT2D eigenvalue weighted by atomic mass is 16.2. The van der Waals surface area contributed by atoms with Crippen LogP contribution in [0.4, 0.5) is 0 Å². The molecule has 4 nitrogen and oxygen atoms in total. The standard InChI is InChI=1S/C17H31N3O/c1-19-11-2-3-15-13-20(12-8-16(15)19)17(21)5-4-14-6-9-18-10-7-14/h14-16,18H,2-13H2,1H3. The smallest absolute Gasteiger partial charge is 0.222 e. The van der Waals surface area contributed by atoms with E-state index in [1.54, 1.807) is 0 Å². The van der Waals surface area contributed by atoms with Crippen molar-refractivity contribution in [1.82, 2.24) is 15.1 Å². The second-order valence-electron chi connectivity index (χ2n) is 7.31. The number of carbonyl (C=O) groups is 1. The summed E-state index contributed by atoms with van der Waals surface area (Å²) < 4.78 is 0. The maximum absolute atomic E-state index is 12.5. The van der Waals surface area contributed by atoms with Crippen LogP contribution in [0.2, 0.25) is 0 Å². The Kier molecular flexibility index (Phi) is 5.17. The fraction of sp³-hybridized carbons (Fsp3) is 0.941. The zero-order chi connectivity index (χ0) is 14.7. The average molecular weight is 293 g/mol. The Morgan fingerprint density at radius 1 is 1.14 bits per heavy atom. The maximum Gasteiger partial charge on any atom is 0.222 e. The summed E-state index contributed by atoms with van der Waals surface area (Å²) in [4.78, 5) is 17.2. The van der Waals surface area contributed by atoms with Crippen LogP contribution in [-0.2, 0) is 4.79 Å². The molecule has 120 valence electrons. The second kappa shape index (κ2) is 7.10. The van der Waals surface area contributed by atoms with E-state index in [-0.39, 0.29) is 0 Å². The van der Waals surface area contributed by atoms with Gasteiger partial charge >= 0.3 is 0 Å². The van der Waals surface area contributed by atoms with Gasteiger partial charge in [0, 0.05) is 25.6 Å². The van der Waals surface area contributed by atoms with E-state index >= 15 is 0 Å². The van der Waals surface area contributed by atoms with Gasteiger partial charge in [0.1, 0.15) is 0 Å². The van der Waals surface area contributed by atoms with Gasteiger partial charge in [-0.25, -0.2) is 0 Å². The number of fused-ring (bicyclic) bond motifs is 1. The Morgan fingerprint density at radius 3 is 2.76 bits per heavy atom. The Bertz CT molecular complexity index is 354. The zero-order valence-corrected chi connectivity index (χ0v) is 13.5. The number of likely N-dealkylation sites (tertiary alicyclic amines) is 2. The van der Waals surface area contributed by atoms with E-state index in [0.29, 0.717) is 5.91 Å². The Morgan fingerprint density at radius 2 is 1.95 bits per heavy atom. The van der Waals surface area contributed by atoms with Gasteiger partial charge in [0.25, 0.3) is 0 Å². The molecule has 21 heavy (non-hydrogen) atoms. The first-order valence-corrected chi connectivity index (χ1v) is 8.93. The van der Waals surface area contributed by atoms with Crippen LogP contribution in [-0.4, -0.2) is 61.5 Å². The number of piperidine rings is 3. The minimum Gasteiger partial charge on any atom is -0.342 e. The van der Waals surface area contributed by atoms with E-state index < -0.39 is 0 Å². The molecule has 4 heteroatoms. The topological polar surface area (TPSA) is 35.6 Å². The lowest BCUT2D eigenvalue weighted by molar-refractivity contribution is -0.135. The van der Waals surface area contributed by atoms with Crippen LogP contribution in [0.25, 0.3) is 0 Å². The third kappa shape index (κ3) is 3.78. The number of nitrogens with zero attached hydrogens (tertiary/aromatic N) is 2. The summed E-state index contributed by atoms with van der Waals surface area (Å²) in [6.45, 7) is 5.51. The molecule has 0 bridgehead atoms. The summed E-state index contributed by atoms with van der Waals surface area (Å²) in [6, 6.07) is 0.729. The first kappa shape index (κ1) is 15.3. The molecule has 0 aromatic carbocycles. The molecule has 3 saturated heterocycles. The molecule has 1 N–H and O–H groups in total. The van der Waals surface area contributed by atoms with Crippen LogP contribution in [0.15, 0.2) is 0 Å². The van der Waals surface area contributed by atoms with Crippen LogP contribution >= 0.6 is 0 Å². The highest BCUT2D eigenvalue weighted by Gasteiger charge is 2.35. The first-order valence-electron chi connectivity index (χ1n) is 8.93. The summed E-state index contributed by atoms with van der Waals surface area (Å²) >= 11 is 0. The van der Waals surface area contributed by atoms with Crippen molar-refractivity contribution in [2.45, 2.75) is 51.0 Å². The molecule has 3 aliphatic heterocycles. The van der Waals surface area contributed by atoms with E-state index in [4.69, 9.17) is 0 Å². The van der Waals surface area contributed by atoms with E-state index in [9.17, 15) is 4.79 Å². The van der Waals surface area contributed by atoms with Gasteiger partial charge in [-0.15, -0.1) is 0 Å². The van der Waals surface area contributed by atoms with Crippen molar-refractivity contribution in [3.8, 4) is 0 Å². The highest BCUT2D eigenvalue weighted by molar-refractivity contribution is 5.76. The number of nitrogens with one attached hydrogen (secondary N) is 1. The Labute approximate surface area is 129 Å². The average Bonchev–Trinajstić information content (AvgIpc) is 2.53. The third-order valence-electron chi connectivity index (χ3n) is 5.92. The van der Waals surface area contributed by atoms with Gasteiger partial charge in [0.2, 0.25) is 5.91 Å². The second-order valence-corrected chi connectivity index (χ2v) is 7.31. The molecule has 0 aliphatic carbocycles. The number of hydrogen-bond acceptors (Lipinski definition) is 3. The lowest BCUT2D eigenvalue weighted by Crippen LogP contribution is -2.53. The lowest BCUT2D eigenvalue weighted by Gasteiger charge is -2.46. The predicted molar refractivity (Wildman–Crippen MR) is 85.2 cm³/mol. The molecule has 3 fully saturated rings. The third-order valence-corrected chi connectivity index (χ3v) is 5.92. The molecule has 1 amide bonds. The zero-order valence-electron chi connectivity index (χ0n) is 13.5. The minimum atomic E-state index is 0.417. The van der Waals surface area contributed by atoms with Crippen LogP contribution in [0.5, 0.6) is 0 Å². The monoisotopic (exact) mass is 293 g/mol. The molecule has 0 spiro atoms. The van der Waals surface area contributed by atoms with Crippen molar-refractivity contribution in [2.24, 2.45) is 11.8 Å². The van der Waals surface area contributed by atoms with Crippen molar-refractivity contribution in [3.63, 3.8) is 0 Å². The summed E-state index contributed by atoms with van der Waals surface area (Å²) in [5.74, 6) is 1.91. The molecule has 3 rings (SSSR count). The van der Waals surface area contributed by atoms with E-state index in [2.05, 4.69) is 22.2 Å². The number of carbonyl (C=O) groups excluding carboxylic acids is 1. The summed E-state index contributed by atoms with van der Waals surface area (Å²) in [5.41, 5.74) is 0. The normalized spacial score (nSPS) is 32.0. The molecule has 3 heterocycles. The van der Waals surface area contributed by atoms with Crippen molar-refractivity contribution in [3.05, 3.63) is 0 Å². The quantitative estimate of drug-likeness (QED) is 0.860. The number of hydrogen-bond donors (Lipinski definition) is 1. The maximum atomic E-state index is 12.5. The Balaban J connectivity index is 1.45. The van der Waals surface area contributed by atoms with Gasteiger partial charge in [0.05, 0.1) is 0 Å². The van der Waals surface area contributed by atoms with Crippen LogP contribution in [0.1, 0.15) is 44.9 Å². The van der Waals surface area contributed by atoms with Gasteiger partial charge in [-0.05, 0) is 77.0 Å². The molecule has 0 aromatic heterocycles. The van der Waals surface area contributed by atoms with Crippen LogP contribution < -0.4 is 5.32 Å². The fourth-order valence-corrected chi connectivity index (χ4v) is 4.54. The SMILES string of the molecule is CN1CCCC2CN(C(=O)CCC3CCNCC3)CCC21. The van der Waals surface area contributed by atoms with Crippen molar-refractivity contribution in [1.29, 1.82) is 0 Å². The van der Waals surface area contributed by atoms with Crippen LogP contribution in [0, 0.1) is 11.8 Å². The van der Waals surface area contributed by atoms with Crippen LogP contribution in [0.3, 0.4) is 0 Å². The van der Waals surface area contributed by atoms with Crippen molar-refractivity contribution in [2.75, 3.05) is 39.8 Å². The van der Waals surface area contributed by atoms with Crippen molar-refractivity contribution < 1.29 is 4.79 Å². The first-order chi connectivity index (χ1) is 10.2. The molecule has 3 aliphatic rings. The summed E-state index contributed by atoms with van der Waals surface area (Å²) in [7, 11) is 2.26. The lowest BCUT2D eigenvalue weighted by atomic mass is 9.84. The minimum absolute atomic E-state index is 0.417. The fourth-order valence-electron chi connectivity index (χ4n) is 4.54. The number of amides is 1.